The van der Waals surface area contributed by atoms with Crippen molar-refractivity contribution in [2.45, 2.75) is 41.0 Å². The number of aliphatic hydroxyl groups is 2. The number of carbonyl (C=O) groups excluding carboxylic acids is 3. The third-order valence-electron chi connectivity index (χ3n) is 1.30. The lowest BCUT2D eigenvalue weighted by Crippen LogP contribution is -2.01. The van der Waals surface area contributed by atoms with E-state index in [0.717, 1.165) is 0 Å². The third kappa shape index (κ3) is 36.0. The second-order valence-electron chi connectivity index (χ2n) is 2.69. The molecule has 8 heteroatoms. The molecular formula is C12H26O8. The van der Waals surface area contributed by atoms with Gasteiger partial charge in [0, 0.05) is 19.8 Å². The molecule has 0 saturated heterocycles. The van der Waals surface area contributed by atoms with Gasteiger partial charge in [-0.15, -0.1) is 0 Å². The Hall–Kier alpha value is -1.67. The number of carbonyl (C=O) groups is 3. The number of ether oxygens (including phenoxy) is 3. The molecule has 0 spiro atoms. The number of hydrogen-bond donors (Lipinski definition) is 2. The van der Waals surface area contributed by atoms with Crippen molar-refractivity contribution in [2.75, 3.05) is 20.7 Å². The zero-order valence-electron chi connectivity index (χ0n) is 11.7. The first-order valence-electron chi connectivity index (χ1n) is 5.46. The summed E-state index contributed by atoms with van der Waals surface area (Å²) in [6, 6.07) is 0. The van der Waals surface area contributed by atoms with Gasteiger partial charge in [0.2, 0.25) is 0 Å². The van der Waals surface area contributed by atoms with Gasteiger partial charge in [-0.05, 0) is 0 Å². The quantitative estimate of drug-likeness (QED) is 0.440. The molecule has 8 nitrogen and oxygen atoms in total. The van der Waals surface area contributed by atoms with Crippen molar-refractivity contribution in [3.05, 3.63) is 0 Å². The lowest BCUT2D eigenvalue weighted by atomic mass is 10.5. The average Bonchev–Trinajstić information content (AvgIpc) is 2.39. The highest BCUT2D eigenvalue weighted by Gasteiger charge is 1.91. The van der Waals surface area contributed by atoms with Crippen molar-refractivity contribution in [3.63, 3.8) is 0 Å². The van der Waals surface area contributed by atoms with Gasteiger partial charge in [-0.1, -0.05) is 21.3 Å². The van der Waals surface area contributed by atoms with Crippen LogP contribution in [0, 0.1) is 0 Å². The molecule has 0 amide bonds. The summed E-state index contributed by atoms with van der Waals surface area (Å²) < 4.78 is 12.3. The number of hydrogen-bond acceptors (Lipinski definition) is 8. The summed E-state index contributed by atoms with van der Waals surface area (Å²) in [4.78, 5) is 29.6. The van der Waals surface area contributed by atoms with Crippen molar-refractivity contribution in [3.8, 4) is 0 Å². The Balaban J connectivity index is -0.0000000941. The van der Waals surface area contributed by atoms with E-state index < -0.39 is 19.6 Å². The highest BCUT2D eigenvalue weighted by molar-refractivity contribution is 5.68. The van der Waals surface area contributed by atoms with E-state index in [1.54, 1.807) is 13.8 Å². The van der Waals surface area contributed by atoms with Crippen LogP contribution in [0.5, 0.6) is 0 Å². The van der Waals surface area contributed by atoms with E-state index in [1.165, 1.54) is 14.0 Å². The van der Waals surface area contributed by atoms with Gasteiger partial charge in [0.25, 0.3) is 0 Å². The molecule has 0 aliphatic heterocycles. The number of aliphatic hydroxyl groups excluding tert-OH is 2. The first kappa shape index (κ1) is 26.8. The summed E-state index contributed by atoms with van der Waals surface area (Å²) in [5.41, 5.74) is 0. The SMILES string of the molecule is C.CC(=O)OCO.CCC(=O)OC.CCC(=O)OCO. The molecule has 0 heterocycles. The molecule has 0 aromatic heterocycles. The van der Waals surface area contributed by atoms with E-state index in [9.17, 15) is 14.4 Å². The summed E-state index contributed by atoms with van der Waals surface area (Å²) in [5, 5.41) is 15.7. The van der Waals surface area contributed by atoms with E-state index in [4.69, 9.17) is 10.2 Å². The Kier molecular flexibility index (Phi) is 30.2. The molecule has 2 N–H and O–H groups in total. The van der Waals surface area contributed by atoms with E-state index in [0.29, 0.717) is 12.8 Å². The van der Waals surface area contributed by atoms with Gasteiger partial charge < -0.3 is 24.4 Å². The monoisotopic (exact) mass is 298 g/mol. The van der Waals surface area contributed by atoms with Gasteiger partial charge >= 0.3 is 17.9 Å². The van der Waals surface area contributed by atoms with E-state index in [-0.39, 0.29) is 19.4 Å². The maximum atomic E-state index is 10.0. The van der Waals surface area contributed by atoms with Gasteiger partial charge in [0.1, 0.15) is 0 Å². The van der Waals surface area contributed by atoms with Crippen molar-refractivity contribution in [2.24, 2.45) is 0 Å². The predicted octanol–water partition coefficient (Wildman–Crippen LogP) is 0.594. The zero-order chi connectivity index (χ0) is 15.7. The second kappa shape index (κ2) is 22.5. The minimum Gasteiger partial charge on any atom is -0.469 e. The Morgan fingerprint density at radius 2 is 1.30 bits per heavy atom. The Labute approximate surface area is 119 Å². The van der Waals surface area contributed by atoms with Crippen LogP contribution < -0.4 is 0 Å². The van der Waals surface area contributed by atoms with Crippen molar-refractivity contribution in [1.29, 1.82) is 0 Å². The molecule has 0 aliphatic carbocycles. The molecule has 0 fully saturated rings. The maximum absolute atomic E-state index is 10.0. The molecule has 0 unspecified atom stereocenters. The van der Waals surface area contributed by atoms with Crippen LogP contribution in [0.2, 0.25) is 0 Å². The standard InChI is InChI=1S/C4H8O3.C4H8O2.C3H6O3.CH4/c1-2-4(6)7-3-5;1-3-4(5)6-2;1-3(5)6-2-4;/h5H,2-3H2,1H3;3H2,1-2H3;4H,2H2,1H3;1H4. The fourth-order valence-electron chi connectivity index (χ4n) is 0.409. The van der Waals surface area contributed by atoms with Gasteiger partial charge in [0.15, 0.2) is 13.6 Å². The molecule has 0 radical (unpaired) electrons. The van der Waals surface area contributed by atoms with Gasteiger partial charge in [-0.3, -0.25) is 14.4 Å². The lowest BCUT2D eigenvalue weighted by molar-refractivity contribution is -0.151. The number of esters is 3. The van der Waals surface area contributed by atoms with E-state index >= 15 is 0 Å². The summed E-state index contributed by atoms with van der Waals surface area (Å²) in [6.45, 7) is 3.63. The molecule has 20 heavy (non-hydrogen) atoms. The van der Waals surface area contributed by atoms with Crippen molar-refractivity contribution in [1.82, 2.24) is 0 Å². The van der Waals surface area contributed by atoms with Gasteiger partial charge in [-0.2, -0.15) is 0 Å². The minimum absolute atomic E-state index is 0. The van der Waals surface area contributed by atoms with Crippen LogP contribution in [0.1, 0.15) is 41.0 Å². The molecule has 122 valence electrons. The summed E-state index contributed by atoms with van der Waals surface area (Å²) >= 11 is 0. The van der Waals surface area contributed by atoms with Crippen LogP contribution in [0.4, 0.5) is 0 Å². The van der Waals surface area contributed by atoms with Crippen molar-refractivity contribution < 1.29 is 38.8 Å². The number of methoxy groups -OCH3 is 1. The normalized spacial score (nSPS) is 7.50. The van der Waals surface area contributed by atoms with Gasteiger partial charge in [0.05, 0.1) is 7.11 Å². The number of rotatable bonds is 4. The molecule has 0 rings (SSSR count). The highest BCUT2D eigenvalue weighted by atomic mass is 16.6. The van der Waals surface area contributed by atoms with Crippen molar-refractivity contribution >= 4 is 17.9 Å². The molecular weight excluding hydrogens is 272 g/mol. The average molecular weight is 298 g/mol. The van der Waals surface area contributed by atoms with Crippen LogP contribution in [0.15, 0.2) is 0 Å². The van der Waals surface area contributed by atoms with E-state index in [1.807, 2.05) is 0 Å². The smallest absolute Gasteiger partial charge is 0.307 e. The molecule has 0 saturated carbocycles. The largest absolute Gasteiger partial charge is 0.469 e. The topological polar surface area (TPSA) is 119 Å². The summed E-state index contributed by atoms with van der Waals surface area (Å²) in [7, 11) is 1.38. The molecule has 0 atom stereocenters. The van der Waals surface area contributed by atoms with E-state index in [2.05, 4.69) is 14.2 Å². The Morgan fingerprint density at radius 3 is 1.35 bits per heavy atom. The lowest BCUT2D eigenvalue weighted by Gasteiger charge is -1.92. The Morgan fingerprint density at radius 1 is 0.900 bits per heavy atom. The first-order chi connectivity index (χ1) is 8.89. The van der Waals surface area contributed by atoms with Crippen LogP contribution in [0.25, 0.3) is 0 Å². The molecule has 0 aliphatic rings. The predicted molar refractivity (Wildman–Crippen MR) is 71.4 cm³/mol. The Bertz CT molecular complexity index is 234. The molecule has 0 aromatic rings. The molecule has 0 bridgehead atoms. The van der Waals surface area contributed by atoms with Crippen LogP contribution >= 0.6 is 0 Å². The second-order valence-corrected chi connectivity index (χ2v) is 2.69. The van der Waals surface area contributed by atoms with Gasteiger partial charge in [-0.25, -0.2) is 0 Å². The maximum Gasteiger partial charge on any atom is 0.307 e. The highest BCUT2D eigenvalue weighted by Crippen LogP contribution is 1.79. The summed E-state index contributed by atoms with van der Waals surface area (Å²) in [6.07, 6.45) is 0.789. The first-order valence-corrected chi connectivity index (χ1v) is 5.46. The zero-order valence-corrected chi connectivity index (χ0v) is 11.7. The minimum atomic E-state index is -0.519. The van der Waals surface area contributed by atoms with Crippen LogP contribution in [-0.2, 0) is 28.6 Å². The summed E-state index contributed by atoms with van der Waals surface area (Å²) in [5.74, 6) is -0.991. The fraction of sp³-hybridized carbons (Fsp3) is 0.750. The van der Waals surface area contributed by atoms with Crippen LogP contribution in [-0.4, -0.2) is 48.8 Å². The third-order valence-corrected chi connectivity index (χ3v) is 1.30. The molecule has 0 aromatic carbocycles. The van der Waals surface area contributed by atoms with Crippen LogP contribution in [0.3, 0.4) is 0 Å². The fourth-order valence-corrected chi connectivity index (χ4v) is 0.409.